The minimum Gasteiger partial charge on any atom is -0.465 e. The summed E-state index contributed by atoms with van der Waals surface area (Å²) in [5.41, 5.74) is -4.49. The van der Waals surface area contributed by atoms with E-state index in [0.717, 1.165) is 19.2 Å². The van der Waals surface area contributed by atoms with Crippen LogP contribution in [0.2, 0.25) is 0 Å². The summed E-state index contributed by atoms with van der Waals surface area (Å²) in [7, 11) is 1.10. The lowest BCUT2D eigenvalue weighted by Gasteiger charge is -2.28. The molecule has 0 amide bonds. The molecule has 1 N–H and O–H groups in total. The van der Waals surface area contributed by atoms with E-state index in [4.69, 9.17) is 0 Å². The molecule has 0 saturated heterocycles. The van der Waals surface area contributed by atoms with E-state index in [2.05, 4.69) is 4.74 Å². The van der Waals surface area contributed by atoms with Crippen LogP contribution in [0.5, 0.6) is 0 Å². The zero-order valence-corrected chi connectivity index (χ0v) is 14.0. The molecule has 0 fully saturated rings. The van der Waals surface area contributed by atoms with Crippen LogP contribution in [0.25, 0.3) is 11.1 Å². The third-order valence-electron chi connectivity index (χ3n) is 4.57. The van der Waals surface area contributed by atoms with E-state index in [1.165, 1.54) is 24.3 Å². The molecular weight excluding hydrogens is 349 g/mol. The lowest BCUT2D eigenvalue weighted by molar-refractivity contribution is -0.246. The van der Waals surface area contributed by atoms with Crippen molar-refractivity contribution in [3.05, 3.63) is 58.7 Å². The fraction of sp³-hybridized carbons (Fsp3) is 0.263. The van der Waals surface area contributed by atoms with Crippen molar-refractivity contribution < 1.29 is 32.6 Å². The van der Waals surface area contributed by atoms with E-state index in [1.807, 2.05) is 0 Å². The summed E-state index contributed by atoms with van der Waals surface area (Å²) >= 11 is 0. The molecule has 0 heterocycles. The van der Waals surface area contributed by atoms with Crippen LogP contribution in [0.15, 0.2) is 36.4 Å². The summed E-state index contributed by atoms with van der Waals surface area (Å²) in [5.74, 6) is -1.33. The summed E-state index contributed by atoms with van der Waals surface area (Å²) in [6, 6.07) is 7.67. The molecule has 1 aliphatic rings. The van der Waals surface area contributed by atoms with Crippen molar-refractivity contribution in [2.75, 3.05) is 7.11 Å². The Labute approximate surface area is 147 Å². The second-order valence-electron chi connectivity index (χ2n) is 5.97. The number of fused-ring (bicyclic) bond motifs is 3. The Balaban J connectivity index is 2.46. The maximum Gasteiger partial charge on any atom is 0.425 e. The standard InChI is InChI=1S/C19H15F3O4/c1-3-15(23)10-8-12(17(24)26-2)16-11-6-4-5-7-13(11)18(25,14(16)9-10)19(20,21)22/h4-9,25H,3H2,1-2H3. The third-order valence-corrected chi connectivity index (χ3v) is 4.57. The van der Waals surface area contributed by atoms with Crippen molar-refractivity contribution in [1.29, 1.82) is 0 Å². The predicted octanol–water partition coefficient (Wildman–Crippen LogP) is 3.84. The number of Topliss-reactive ketones (excluding diaryl/α,β-unsaturated/α-hetero) is 1. The number of carbonyl (C=O) groups excluding carboxylic acids is 2. The maximum atomic E-state index is 13.9. The van der Waals surface area contributed by atoms with E-state index in [0.29, 0.717) is 0 Å². The quantitative estimate of drug-likeness (QED) is 0.664. The summed E-state index contributed by atoms with van der Waals surface area (Å²) in [5, 5.41) is 10.7. The molecule has 3 rings (SSSR count). The van der Waals surface area contributed by atoms with Gasteiger partial charge in [-0.1, -0.05) is 31.2 Å². The number of ketones is 1. The van der Waals surface area contributed by atoms with Crippen molar-refractivity contribution in [1.82, 2.24) is 0 Å². The Morgan fingerprint density at radius 2 is 1.81 bits per heavy atom. The third kappa shape index (κ3) is 2.34. The molecule has 0 bridgehead atoms. The van der Waals surface area contributed by atoms with Gasteiger partial charge in [0.15, 0.2) is 5.78 Å². The van der Waals surface area contributed by atoms with Gasteiger partial charge < -0.3 is 9.84 Å². The second kappa shape index (κ2) is 5.95. The van der Waals surface area contributed by atoms with E-state index in [-0.39, 0.29) is 34.2 Å². The molecule has 0 aromatic heterocycles. The maximum absolute atomic E-state index is 13.9. The largest absolute Gasteiger partial charge is 0.465 e. The number of rotatable bonds is 3. The molecule has 0 radical (unpaired) electrons. The SMILES string of the molecule is CCC(=O)c1cc(C(=O)OC)c2c(c1)C(O)(C(F)(F)F)c1ccccc1-2. The molecule has 0 spiro atoms. The first-order chi connectivity index (χ1) is 12.2. The summed E-state index contributed by atoms with van der Waals surface area (Å²) < 4.78 is 46.3. The Bertz CT molecular complexity index is 917. The van der Waals surface area contributed by atoms with Gasteiger partial charge in [0, 0.05) is 28.7 Å². The Morgan fingerprint density at radius 1 is 1.15 bits per heavy atom. The molecule has 0 aliphatic heterocycles. The highest BCUT2D eigenvalue weighted by molar-refractivity contribution is 6.05. The van der Waals surface area contributed by atoms with Crippen molar-refractivity contribution >= 4 is 11.8 Å². The number of hydrogen-bond donors (Lipinski definition) is 1. The average Bonchev–Trinajstić information content (AvgIpc) is 2.90. The van der Waals surface area contributed by atoms with Gasteiger partial charge in [-0.15, -0.1) is 0 Å². The zero-order chi connectivity index (χ0) is 19.3. The number of esters is 1. The van der Waals surface area contributed by atoms with Gasteiger partial charge in [-0.3, -0.25) is 4.79 Å². The molecular formula is C19H15F3O4. The highest BCUT2D eigenvalue weighted by Crippen LogP contribution is 2.56. The number of ether oxygens (including phenoxy) is 1. The van der Waals surface area contributed by atoms with Gasteiger partial charge in [-0.2, -0.15) is 13.2 Å². The van der Waals surface area contributed by atoms with Crippen LogP contribution >= 0.6 is 0 Å². The lowest BCUT2D eigenvalue weighted by atomic mass is 9.88. The van der Waals surface area contributed by atoms with Gasteiger partial charge in [0.1, 0.15) is 0 Å². The summed E-state index contributed by atoms with van der Waals surface area (Å²) in [4.78, 5) is 24.3. The van der Waals surface area contributed by atoms with Crippen LogP contribution in [0, 0.1) is 0 Å². The Hall–Kier alpha value is -2.67. The molecule has 136 valence electrons. The lowest BCUT2D eigenvalue weighted by Crippen LogP contribution is -2.41. The first-order valence-electron chi connectivity index (χ1n) is 7.85. The van der Waals surface area contributed by atoms with Gasteiger partial charge in [0.05, 0.1) is 12.7 Å². The number of benzene rings is 2. The minimum absolute atomic E-state index is 0.0385. The van der Waals surface area contributed by atoms with Crippen molar-refractivity contribution in [3.8, 4) is 11.1 Å². The van der Waals surface area contributed by atoms with Gasteiger partial charge in [0.2, 0.25) is 5.60 Å². The number of halogens is 3. The van der Waals surface area contributed by atoms with Crippen LogP contribution in [0.1, 0.15) is 45.2 Å². The Kier molecular flexibility index (Phi) is 4.15. The van der Waals surface area contributed by atoms with Crippen LogP contribution in [0.3, 0.4) is 0 Å². The van der Waals surface area contributed by atoms with Crippen molar-refractivity contribution in [3.63, 3.8) is 0 Å². The fourth-order valence-electron chi connectivity index (χ4n) is 3.32. The minimum atomic E-state index is -5.05. The second-order valence-corrected chi connectivity index (χ2v) is 5.97. The molecule has 2 aromatic carbocycles. The molecule has 2 aromatic rings. The summed E-state index contributed by atoms with van der Waals surface area (Å²) in [6.45, 7) is 1.55. The van der Waals surface area contributed by atoms with E-state index in [1.54, 1.807) is 6.92 Å². The van der Waals surface area contributed by atoms with Gasteiger partial charge in [-0.05, 0) is 17.7 Å². The number of alkyl halides is 3. The summed E-state index contributed by atoms with van der Waals surface area (Å²) in [6.07, 6.45) is -5.01. The van der Waals surface area contributed by atoms with E-state index in [9.17, 15) is 27.9 Å². The smallest absolute Gasteiger partial charge is 0.425 e. The van der Waals surface area contributed by atoms with Crippen LogP contribution in [-0.2, 0) is 10.3 Å². The van der Waals surface area contributed by atoms with Crippen molar-refractivity contribution in [2.24, 2.45) is 0 Å². The van der Waals surface area contributed by atoms with E-state index >= 15 is 0 Å². The topological polar surface area (TPSA) is 63.6 Å². The zero-order valence-electron chi connectivity index (χ0n) is 14.0. The van der Waals surface area contributed by atoms with E-state index < -0.39 is 29.1 Å². The predicted molar refractivity (Wildman–Crippen MR) is 86.9 cm³/mol. The highest BCUT2D eigenvalue weighted by Gasteiger charge is 2.61. The number of aliphatic hydroxyl groups is 1. The molecule has 1 atom stereocenters. The normalized spacial score (nSPS) is 18.2. The monoisotopic (exact) mass is 364 g/mol. The van der Waals surface area contributed by atoms with Crippen LogP contribution < -0.4 is 0 Å². The van der Waals surface area contributed by atoms with Crippen LogP contribution in [-0.4, -0.2) is 30.1 Å². The molecule has 1 unspecified atom stereocenters. The molecule has 0 saturated carbocycles. The van der Waals surface area contributed by atoms with Gasteiger partial charge >= 0.3 is 12.1 Å². The number of methoxy groups -OCH3 is 1. The molecule has 1 aliphatic carbocycles. The molecule has 7 heteroatoms. The van der Waals surface area contributed by atoms with Crippen molar-refractivity contribution in [2.45, 2.75) is 25.1 Å². The Morgan fingerprint density at radius 3 is 2.38 bits per heavy atom. The fourth-order valence-corrected chi connectivity index (χ4v) is 3.32. The number of carbonyl (C=O) groups is 2. The first-order valence-corrected chi connectivity index (χ1v) is 7.85. The first kappa shape index (κ1) is 18.1. The molecule has 4 nitrogen and oxygen atoms in total. The highest BCUT2D eigenvalue weighted by atomic mass is 19.4. The average molecular weight is 364 g/mol. The number of hydrogen-bond acceptors (Lipinski definition) is 4. The van der Waals surface area contributed by atoms with Gasteiger partial charge in [0.25, 0.3) is 0 Å². The van der Waals surface area contributed by atoms with Gasteiger partial charge in [-0.25, -0.2) is 4.79 Å². The molecule has 26 heavy (non-hydrogen) atoms. The van der Waals surface area contributed by atoms with Crippen LogP contribution in [0.4, 0.5) is 13.2 Å².